The summed E-state index contributed by atoms with van der Waals surface area (Å²) >= 11 is 0. The van der Waals surface area contributed by atoms with Gasteiger partial charge < -0.3 is 34.3 Å². The first-order valence-corrected chi connectivity index (χ1v) is 18.6. The summed E-state index contributed by atoms with van der Waals surface area (Å²) in [4.78, 5) is 53.4. The van der Waals surface area contributed by atoms with Crippen molar-refractivity contribution < 1.29 is 53.4 Å². The average molecular weight is 717 g/mol. The maximum atomic E-state index is 14.9. The van der Waals surface area contributed by atoms with E-state index in [9.17, 15) is 34.5 Å². The number of ether oxygens (including phenoxy) is 4. The highest BCUT2D eigenvalue weighted by molar-refractivity contribution is 5.97. The highest BCUT2D eigenvalue weighted by Crippen LogP contribution is 2.74. The summed E-state index contributed by atoms with van der Waals surface area (Å²) in [7, 11) is 0. The molecule has 13 atom stereocenters. The molecule has 1 saturated heterocycles. The van der Waals surface area contributed by atoms with Crippen LogP contribution in [0.5, 0.6) is 0 Å². The molecule has 11 nitrogen and oxygen atoms in total. The lowest BCUT2D eigenvalue weighted by Crippen LogP contribution is -2.65. The Morgan fingerprint density at radius 1 is 0.961 bits per heavy atom. The second kappa shape index (κ2) is 13.1. The zero-order chi connectivity index (χ0) is 38.3. The summed E-state index contributed by atoms with van der Waals surface area (Å²) in [5.74, 6) is -2.95. The fourth-order valence-electron chi connectivity index (χ4n) is 11.1. The molecule has 0 unspecified atom stereocenters. The third-order valence-electron chi connectivity index (χ3n) is 13.8. The molecule has 11 heteroatoms. The van der Waals surface area contributed by atoms with Crippen molar-refractivity contribution in [2.75, 3.05) is 0 Å². The Labute approximate surface area is 302 Å². The van der Waals surface area contributed by atoms with Crippen LogP contribution >= 0.6 is 0 Å². The maximum absolute atomic E-state index is 14.9. The van der Waals surface area contributed by atoms with Crippen molar-refractivity contribution in [3.8, 4) is 0 Å². The number of fused-ring (bicyclic) bond motifs is 5. The highest BCUT2D eigenvalue weighted by Gasteiger charge is 2.75. The van der Waals surface area contributed by atoms with Gasteiger partial charge in [0.05, 0.1) is 23.9 Å². The molecule has 0 bridgehead atoms. The molecular formula is C40H60O11. The Hall–Kier alpha value is -2.44. The molecule has 1 aliphatic heterocycles. The molecule has 51 heavy (non-hydrogen) atoms. The van der Waals surface area contributed by atoms with Crippen LogP contribution in [0.15, 0.2) is 23.8 Å². The second-order valence-electron chi connectivity index (χ2n) is 18.2. The smallest absolute Gasteiger partial charge is 0.303 e. The standard InChI is InChI=1S/C40H60O11/c1-21-18-26(49-22(2)41)32(50-23(3)42)34(48-21)51-27-19-37(8)28-14-12-24-25(13-15-29(43)36(24,6)7)39(28,10)31(45)20-38(37,9)33(27)40(11,47)30(44)16-17-35(4,5)46/h12,16-17,21,25-29,32-34,43,46-47H,13-15,18-20H2,1-11H3/b17-16+/t21-,25-,26-,27-,28+,29+,32-,33+,34-,37+,38-,39+,40+/m1/s1. The predicted molar refractivity (Wildman–Crippen MR) is 187 cm³/mol. The number of esters is 2. The molecule has 0 spiro atoms. The van der Waals surface area contributed by atoms with Gasteiger partial charge in [0.25, 0.3) is 0 Å². The van der Waals surface area contributed by atoms with Gasteiger partial charge in [-0.05, 0) is 82.1 Å². The van der Waals surface area contributed by atoms with E-state index in [1.165, 1.54) is 46.8 Å². The molecule has 0 aromatic heterocycles. The van der Waals surface area contributed by atoms with Crippen molar-refractivity contribution in [3.05, 3.63) is 23.8 Å². The summed E-state index contributed by atoms with van der Waals surface area (Å²) in [6, 6.07) is 0. The molecule has 0 amide bonds. The molecule has 5 aliphatic rings. The fourth-order valence-corrected chi connectivity index (χ4v) is 11.1. The van der Waals surface area contributed by atoms with Crippen molar-refractivity contribution in [2.24, 2.45) is 39.4 Å². The molecule has 4 aliphatic carbocycles. The van der Waals surface area contributed by atoms with Gasteiger partial charge in [0.15, 0.2) is 18.2 Å². The molecule has 3 saturated carbocycles. The van der Waals surface area contributed by atoms with Crippen molar-refractivity contribution in [3.63, 3.8) is 0 Å². The zero-order valence-corrected chi connectivity index (χ0v) is 32.3. The first kappa shape index (κ1) is 39.8. The normalized spacial score (nSPS) is 43.3. The predicted octanol–water partition coefficient (Wildman–Crippen LogP) is 4.77. The van der Waals surface area contributed by atoms with Gasteiger partial charge in [-0.15, -0.1) is 0 Å². The van der Waals surface area contributed by atoms with Gasteiger partial charge in [-0.2, -0.15) is 0 Å². The Morgan fingerprint density at radius 3 is 2.18 bits per heavy atom. The van der Waals surface area contributed by atoms with E-state index < -0.39 is 93.3 Å². The lowest BCUT2D eigenvalue weighted by atomic mass is 9.38. The van der Waals surface area contributed by atoms with E-state index in [0.29, 0.717) is 25.7 Å². The Morgan fingerprint density at radius 2 is 1.59 bits per heavy atom. The number of carbonyl (C=O) groups excluding carboxylic acids is 4. The van der Waals surface area contributed by atoms with Crippen molar-refractivity contribution in [2.45, 2.75) is 163 Å². The van der Waals surface area contributed by atoms with Crippen LogP contribution in [-0.4, -0.2) is 86.8 Å². The topological polar surface area (TPSA) is 166 Å². The monoisotopic (exact) mass is 716 g/mol. The van der Waals surface area contributed by atoms with E-state index in [2.05, 4.69) is 19.9 Å². The lowest BCUT2D eigenvalue weighted by Gasteiger charge is -2.64. The number of carbonyl (C=O) groups is 4. The molecular weight excluding hydrogens is 656 g/mol. The largest absolute Gasteiger partial charge is 0.458 e. The zero-order valence-electron chi connectivity index (χ0n) is 32.3. The SMILES string of the molecule is CC(=O)O[C@H]1[C@@H](O[C@@H]2C[C@@]3(C)[C@@H]4CC=C5[C@@H](CC[C@H](O)C5(C)C)[C@]4(C)C(=O)C[C@]3(C)[C@H]2[C@@](C)(O)C(=O)/C=C/C(C)(C)O)O[C@H](C)C[C@H]1OC(C)=O. The molecule has 286 valence electrons. The van der Waals surface area contributed by atoms with E-state index in [-0.39, 0.29) is 30.5 Å². The van der Waals surface area contributed by atoms with Crippen molar-refractivity contribution >= 4 is 23.5 Å². The Bertz CT molecular complexity index is 1490. The third-order valence-corrected chi connectivity index (χ3v) is 13.8. The summed E-state index contributed by atoms with van der Waals surface area (Å²) < 4.78 is 24.4. The number of hydrogen-bond donors (Lipinski definition) is 3. The molecule has 5 rings (SSSR count). The van der Waals surface area contributed by atoms with Gasteiger partial charge in [0.1, 0.15) is 17.5 Å². The second-order valence-corrected chi connectivity index (χ2v) is 18.2. The molecule has 4 fully saturated rings. The number of Topliss-reactive ketones (excluding diaryl/α,β-unsaturated/α-hetero) is 1. The van der Waals surface area contributed by atoms with Gasteiger partial charge in [-0.3, -0.25) is 19.2 Å². The van der Waals surface area contributed by atoms with Crippen LogP contribution in [0.4, 0.5) is 0 Å². The first-order valence-electron chi connectivity index (χ1n) is 18.6. The quantitative estimate of drug-likeness (QED) is 0.180. The van der Waals surface area contributed by atoms with Gasteiger partial charge in [-0.25, -0.2) is 0 Å². The van der Waals surface area contributed by atoms with Crippen LogP contribution in [0.3, 0.4) is 0 Å². The van der Waals surface area contributed by atoms with Gasteiger partial charge >= 0.3 is 11.9 Å². The molecule has 0 aromatic carbocycles. The Balaban J connectivity index is 1.63. The van der Waals surface area contributed by atoms with Crippen LogP contribution in [-0.2, 0) is 38.1 Å². The summed E-state index contributed by atoms with van der Waals surface area (Å²) in [5.41, 5.74) is -5.11. The van der Waals surface area contributed by atoms with Crippen LogP contribution in [0.25, 0.3) is 0 Å². The number of aliphatic hydroxyl groups is 3. The van der Waals surface area contributed by atoms with Crippen molar-refractivity contribution in [1.29, 1.82) is 0 Å². The summed E-state index contributed by atoms with van der Waals surface area (Å²) in [6.07, 6.45) is 2.25. The minimum atomic E-state index is -2.06. The lowest BCUT2D eigenvalue weighted by molar-refractivity contribution is -0.292. The van der Waals surface area contributed by atoms with E-state index >= 15 is 0 Å². The number of allylic oxidation sites excluding steroid dienone is 1. The van der Waals surface area contributed by atoms with Gasteiger partial charge in [0, 0.05) is 43.4 Å². The molecule has 3 N–H and O–H groups in total. The van der Waals surface area contributed by atoms with E-state index in [1.54, 1.807) is 6.92 Å². The molecule has 1 heterocycles. The van der Waals surface area contributed by atoms with Crippen molar-refractivity contribution in [1.82, 2.24) is 0 Å². The number of hydrogen-bond acceptors (Lipinski definition) is 11. The average Bonchev–Trinajstić information content (AvgIpc) is 3.21. The molecule has 0 aromatic rings. The van der Waals surface area contributed by atoms with Crippen LogP contribution in [0.2, 0.25) is 0 Å². The number of ketones is 2. The Kier molecular flexibility index (Phi) is 10.2. The van der Waals surface area contributed by atoms with Gasteiger partial charge in [-0.1, -0.05) is 52.3 Å². The van der Waals surface area contributed by atoms with Crippen LogP contribution in [0, 0.1) is 39.4 Å². The fraction of sp³-hybridized carbons (Fsp3) is 0.800. The third kappa shape index (κ3) is 6.57. The first-order chi connectivity index (χ1) is 23.3. The summed E-state index contributed by atoms with van der Waals surface area (Å²) in [6.45, 7) is 19.1. The minimum absolute atomic E-state index is 0.0615. The van der Waals surface area contributed by atoms with Crippen LogP contribution < -0.4 is 0 Å². The van der Waals surface area contributed by atoms with E-state index in [0.717, 1.165) is 5.57 Å². The van der Waals surface area contributed by atoms with E-state index in [4.69, 9.17) is 18.9 Å². The number of aliphatic hydroxyl groups excluding tert-OH is 1. The highest BCUT2D eigenvalue weighted by atomic mass is 16.7. The molecule has 0 radical (unpaired) electrons. The maximum Gasteiger partial charge on any atom is 0.303 e. The summed E-state index contributed by atoms with van der Waals surface area (Å²) in [5, 5.41) is 33.8. The van der Waals surface area contributed by atoms with Crippen LogP contribution in [0.1, 0.15) is 115 Å². The van der Waals surface area contributed by atoms with Gasteiger partial charge in [0.2, 0.25) is 0 Å². The number of rotatable bonds is 8. The minimum Gasteiger partial charge on any atom is -0.458 e. The van der Waals surface area contributed by atoms with E-state index in [1.807, 2.05) is 20.8 Å².